The van der Waals surface area contributed by atoms with Gasteiger partial charge in [-0.1, -0.05) is 29.4 Å². The van der Waals surface area contributed by atoms with Gasteiger partial charge < -0.3 is 10.2 Å². The van der Waals surface area contributed by atoms with Gasteiger partial charge in [-0.05, 0) is 48.1 Å². The molecule has 1 fully saturated rings. The van der Waals surface area contributed by atoms with Crippen LogP contribution in [0, 0.1) is 5.82 Å². The fourth-order valence-corrected chi connectivity index (χ4v) is 4.81. The van der Waals surface area contributed by atoms with Gasteiger partial charge in [-0.15, -0.1) is 0 Å². The summed E-state index contributed by atoms with van der Waals surface area (Å²) in [5.41, 5.74) is 1.42. The van der Waals surface area contributed by atoms with Crippen LogP contribution >= 0.6 is 23.4 Å². The fourth-order valence-electron chi connectivity index (χ4n) is 3.71. The van der Waals surface area contributed by atoms with Crippen molar-refractivity contribution in [2.24, 2.45) is 0 Å². The molecule has 2 aliphatic heterocycles. The third kappa shape index (κ3) is 4.91. The Morgan fingerprint density at radius 3 is 2.86 bits per heavy atom. The molecule has 29 heavy (non-hydrogen) atoms. The molecular formula is C21H22ClFN4OS. The summed E-state index contributed by atoms with van der Waals surface area (Å²) >= 11 is 7.37. The van der Waals surface area contributed by atoms with Gasteiger partial charge in [0.15, 0.2) is 5.50 Å². The quantitative estimate of drug-likeness (QED) is 0.771. The minimum Gasteiger partial charge on any atom is -0.345 e. The molecule has 0 aliphatic carbocycles. The Morgan fingerprint density at radius 1 is 1.31 bits per heavy atom. The van der Waals surface area contributed by atoms with E-state index < -0.39 is 5.82 Å². The van der Waals surface area contributed by atoms with Crippen molar-refractivity contribution in [2.45, 2.75) is 30.9 Å². The Labute approximate surface area is 178 Å². The molecule has 1 aromatic carbocycles. The van der Waals surface area contributed by atoms with E-state index in [1.54, 1.807) is 18.0 Å². The van der Waals surface area contributed by atoms with Gasteiger partial charge in [0.05, 0.1) is 5.02 Å². The normalized spacial score (nSPS) is 20.2. The maximum Gasteiger partial charge on any atom is 0.253 e. The third-order valence-electron chi connectivity index (χ3n) is 5.26. The van der Waals surface area contributed by atoms with E-state index in [4.69, 9.17) is 11.6 Å². The largest absolute Gasteiger partial charge is 0.345 e. The molecule has 1 amide bonds. The van der Waals surface area contributed by atoms with Crippen molar-refractivity contribution in [1.82, 2.24) is 20.1 Å². The van der Waals surface area contributed by atoms with Crippen LogP contribution in [0.4, 0.5) is 4.39 Å². The molecule has 2 aliphatic rings. The summed E-state index contributed by atoms with van der Waals surface area (Å²) in [7, 11) is 0. The van der Waals surface area contributed by atoms with Crippen LogP contribution < -0.4 is 5.32 Å². The minimum absolute atomic E-state index is 0.0484. The zero-order valence-electron chi connectivity index (χ0n) is 15.8. The molecule has 1 saturated heterocycles. The number of aromatic nitrogens is 1. The van der Waals surface area contributed by atoms with Crippen LogP contribution in [-0.2, 0) is 6.54 Å². The van der Waals surface area contributed by atoms with Crippen LogP contribution in [0.25, 0.3) is 0 Å². The van der Waals surface area contributed by atoms with Crippen LogP contribution in [0.5, 0.6) is 0 Å². The van der Waals surface area contributed by atoms with Gasteiger partial charge in [-0.2, -0.15) is 0 Å². The molecule has 0 saturated carbocycles. The van der Waals surface area contributed by atoms with Crippen molar-refractivity contribution in [2.75, 3.05) is 13.1 Å². The molecule has 0 spiro atoms. The number of carbonyl (C=O) groups excluding carboxylic acids is 1. The summed E-state index contributed by atoms with van der Waals surface area (Å²) in [4.78, 5) is 21.4. The predicted molar refractivity (Wildman–Crippen MR) is 114 cm³/mol. The van der Waals surface area contributed by atoms with Gasteiger partial charge >= 0.3 is 0 Å². The first-order valence-corrected chi connectivity index (χ1v) is 10.9. The number of thioether (sulfide) groups is 1. The van der Waals surface area contributed by atoms with Crippen molar-refractivity contribution in [3.63, 3.8) is 0 Å². The zero-order valence-corrected chi connectivity index (χ0v) is 17.4. The highest BCUT2D eigenvalue weighted by Gasteiger charge is 2.31. The number of benzene rings is 1. The number of halogens is 2. The molecule has 3 heterocycles. The molecule has 0 radical (unpaired) electrons. The topological polar surface area (TPSA) is 48.5 Å². The van der Waals surface area contributed by atoms with Crippen LogP contribution in [0.3, 0.4) is 0 Å². The first kappa shape index (κ1) is 20.2. The van der Waals surface area contributed by atoms with Crippen LogP contribution in [-0.4, -0.2) is 45.3 Å². The molecule has 0 bridgehead atoms. The van der Waals surface area contributed by atoms with Gasteiger partial charge in [0.2, 0.25) is 0 Å². The first-order valence-electron chi connectivity index (χ1n) is 9.57. The van der Waals surface area contributed by atoms with E-state index in [-0.39, 0.29) is 16.4 Å². The highest BCUT2D eigenvalue weighted by molar-refractivity contribution is 8.02. The monoisotopic (exact) mass is 432 g/mol. The number of hydrogen-bond donors (Lipinski definition) is 1. The molecule has 4 rings (SSSR count). The lowest BCUT2D eigenvalue weighted by molar-refractivity contribution is 0.0874. The summed E-state index contributed by atoms with van der Waals surface area (Å²) in [6.07, 6.45) is 7.81. The summed E-state index contributed by atoms with van der Waals surface area (Å²) in [5.74, 6) is -0.785. The molecular weight excluding hydrogens is 411 g/mol. The van der Waals surface area contributed by atoms with E-state index in [0.29, 0.717) is 11.6 Å². The van der Waals surface area contributed by atoms with Gasteiger partial charge in [0.1, 0.15) is 5.82 Å². The maximum absolute atomic E-state index is 13.3. The standard InChI is InChI=1S/C21H22ClFN4OS/c22-18-12-16(3-4-19(18)23)20(28)25-21-27(10-11-29-21)17-5-8-26(9-6-17)14-15-2-1-7-24-13-15/h1-4,7,10-13,17,21H,5-6,8-9,14H2,(H,25,28). The van der Waals surface area contributed by atoms with E-state index in [0.717, 1.165) is 32.5 Å². The lowest BCUT2D eigenvalue weighted by Crippen LogP contribution is -2.49. The van der Waals surface area contributed by atoms with E-state index in [9.17, 15) is 9.18 Å². The second kappa shape index (κ2) is 9.15. The molecule has 1 N–H and O–H groups in total. The highest BCUT2D eigenvalue weighted by Crippen LogP contribution is 2.30. The zero-order chi connectivity index (χ0) is 20.2. The van der Waals surface area contributed by atoms with Crippen molar-refractivity contribution in [1.29, 1.82) is 0 Å². The van der Waals surface area contributed by atoms with Gasteiger partial charge in [0.25, 0.3) is 5.91 Å². The number of piperidine rings is 1. The second-order valence-electron chi connectivity index (χ2n) is 7.19. The molecule has 1 unspecified atom stereocenters. The fraction of sp³-hybridized carbons (Fsp3) is 0.333. The van der Waals surface area contributed by atoms with Crippen molar-refractivity contribution in [3.05, 3.63) is 76.3 Å². The number of amides is 1. The molecule has 5 nitrogen and oxygen atoms in total. The van der Waals surface area contributed by atoms with Crippen LogP contribution in [0.15, 0.2) is 54.3 Å². The number of hydrogen-bond acceptors (Lipinski definition) is 5. The van der Waals surface area contributed by atoms with E-state index in [2.05, 4.69) is 32.4 Å². The number of nitrogens with zero attached hydrogens (tertiary/aromatic N) is 3. The van der Waals surface area contributed by atoms with Crippen LogP contribution in [0.2, 0.25) is 5.02 Å². The molecule has 2 aromatic rings. The van der Waals surface area contributed by atoms with Crippen molar-refractivity contribution in [3.8, 4) is 0 Å². The third-order valence-corrected chi connectivity index (χ3v) is 6.44. The summed E-state index contributed by atoms with van der Waals surface area (Å²) in [5, 5.41) is 4.98. The smallest absolute Gasteiger partial charge is 0.253 e. The van der Waals surface area contributed by atoms with E-state index >= 15 is 0 Å². The second-order valence-corrected chi connectivity index (χ2v) is 8.59. The Kier molecular flexibility index (Phi) is 6.37. The number of nitrogens with one attached hydrogen (secondary N) is 1. The average Bonchev–Trinajstić information content (AvgIpc) is 3.19. The summed E-state index contributed by atoms with van der Waals surface area (Å²) in [6.45, 7) is 2.92. The Bertz CT molecular complexity index is 890. The first-order chi connectivity index (χ1) is 14.1. The Morgan fingerprint density at radius 2 is 2.14 bits per heavy atom. The molecule has 1 aromatic heterocycles. The van der Waals surface area contributed by atoms with Gasteiger partial charge in [-0.25, -0.2) is 4.39 Å². The van der Waals surface area contributed by atoms with Gasteiger partial charge in [0, 0.05) is 49.8 Å². The number of likely N-dealkylation sites (tertiary alicyclic amines) is 1. The summed E-state index contributed by atoms with van der Waals surface area (Å²) < 4.78 is 13.3. The van der Waals surface area contributed by atoms with E-state index in [1.165, 1.54) is 23.8 Å². The van der Waals surface area contributed by atoms with Crippen LogP contribution in [0.1, 0.15) is 28.8 Å². The van der Waals surface area contributed by atoms with Crippen molar-refractivity contribution >= 4 is 29.3 Å². The lowest BCUT2D eigenvalue weighted by atomic mass is 10.0. The number of carbonyl (C=O) groups is 1. The van der Waals surface area contributed by atoms with E-state index in [1.807, 2.05) is 17.7 Å². The molecule has 8 heteroatoms. The Balaban J connectivity index is 1.32. The minimum atomic E-state index is -0.528. The summed E-state index contributed by atoms with van der Waals surface area (Å²) in [6, 6.07) is 8.47. The number of pyridine rings is 1. The molecule has 1 atom stereocenters. The lowest BCUT2D eigenvalue weighted by Gasteiger charge is -2.39. The maximum atomic E-state index is 13.3. The SMILES string of the molecule is O=C(NC1SC=CN1C1CCN(Cc2cccnc2)CC1)c1ccc(F)c(Cl)c1. The predicted octanol–water partition coefficient (Wildman–Crippen LogP) is 4.07. The highest BCUT2D eigenvalue weighted by atomic mass is 35.5. The Hall–Kier alpha value is -2.09. The van der Waals surface area contributed by atoms with Crippen molar-refractivity contribution < 1.29 is 9.18 Å². The molecule has 152 valence electrons. The number of rotatable bonds is 5. The average molecular weight is 433 g/mol. The van der Waals surface area contributed by atoms with Gasteiger partial charge in [-0.3, -0.25) is 14.7 Å².